The van der Waals surface area contributed by atoms with Crippen LogP contribution in [0.3, 0.4) is 0 Å². The van der Waals surface area contributed by atoms with Gasteiger partial charge in [-0.25, -0.2) is 4.79 Å². The third-order valence-corrected chi connectivity index (χ3v) is 10.7. The molecule has 2 aromatic rings. The zero-order valence-electron chi connectivity index (χ0n) is 24.2. The van der Waals surface area contributed by atoms with E-state index in [2.05, 4.69) is 6.92 Å². The molecule has 7 rings (SSSR count). The highest BCUT2D eigenvalue weighted by Crippen LogP contribution is 2.66. The first kappa shape index (κ1) is 27.6. The van der Waals surface area contributed by atoms with Crippen molar-refractivity contribution in [2.45, 2.75) is 108 Å². The summed E-state index contributed by atoms with van der Waals surface area (Å²) < 4.78 is 24.9. The second-order valence-electron chi connectivity index (χ2n) is 13.2. The highest BCUT2D eigenvalue weighted by atomic mass is 16.7. The summed E-state index contributed by atoms with van der Waals surface area (Å²) in [4.78, 5) is 40.2. The van der Waals surface area contributed by atoms with Crippen LogP contribution in [0.5, 0.6) is 11.5 Å². The summed E-state index contributed by atoms with van der Waals surface area (Å²) in [6.07, 6.45) is 3.54. The number of ether oxygens (including phenoxy) is 3. The van der Waals surface area contributed by atoms with Crippen LogP contribution < -0.4 is 5.63 Å². The van der Waals surface area contributed by atoms with Gasteiger partial charge in [-0.15, -0.1) is 0 Å². The molecular formula is C32H36O10. The molecule has 0 bridgehead atoms. The zero-order valence-corrected chi connectivity index (χ0v) is 24.2. The van der Waals surface area contributed by atoms with Gasteiger partial charge in [0.05, 0.1) is 28.9 Å². The van der Waals surface area contributed by atoms with E-state index >= 15 is 0 Å². The maximum absolute atomic E-state index is 14.6. The second kappa shape index (κ2) is 8.90. The first-order valence-electron chi connectivity index (χ1n) is 14.8. The van der Waals surface area contributed by atoms with Crippen molar-refractivity contribution in [3.05, 3.63) is 44.7 Å². The highest BCUT2D eigenvalue weighted by molar-refractivity contribution is 6.06. The number of fused-ring (bicyclic) bond motifs is 4. The van der Waals surface area contributed by atoms with Crippen molar-refractivity contribution in [3.63, 3.8) is 0 Å². The molecule has 10 nitrogen and oxygen atoms in total. The van der Waals surface area contributed by atoms with Crippen molar-refractivity contribution < 1.29 is 43.5 Å². The smallest absolute Gasteiger partial charge is 0.347 e. The Bertz CT molecular complexity index is 1630. The first-order valence-corrected chi connectivity index (χ1v) is 14.8. The molecule has 7 atom stereocenters. The highest BCUT2D eigenvalue weighted by Gasteiger charge is 2.80. The number of aliphatic hydroxyl groups excluding tert-OH is 1. The van der Waals surface area contributed by atoms with Crippen molar-refractivity contribution >= 4 is 22.8 Å². The number of unbranched alkanes of at least 4 members (excludes halogenated alkanes) is 2. The van der Waals surface area contributed by atoms with E-state index in [9.17, 15) is 29.7 Å². The molecule has 1 saturated carbocycles. The topological polar surface area (TPSA) is 156 Å². The van der Waals surface area contributed by atoms with Crippen LogP contribution in [-0.2, 0) is 31.8 Å². The van der Waals surface area contributed by atoms with E-state index in [-0.39, 0.29) is 58.8 Å². The Morgan fingerprint density at radius 2 is 1.83 bits per heavy atom. The minimum Gasteiger partial charge on any atom is -0.507 e. The Kier molecular flexibility index (Phi) is 5.85. The zero-order chi connectivity index (χ0) is 29.9. The van der Waals surface area contributed by atoms with Gasteiger partial charge in [0.15, 0.2) is 12.1 Å². The first-order chi connectivity index (χ1) is 19.9. The fraction of sp³-hybridized carbons (Fsp3) is 0.594. The molecule has 2 saturated heterocycles. The fourth-order valence-electron chi connectivity index (χ4n) is 8.21. The van der Waals surface area contributed by atoms with E-state index in [1.165, 1.54) is 6.92 Å². The lowest BCUT2D eigenvalue weighted by molar-refractivity contribution is -0.200. The Balaban J connectivity index is 1.45. The Morgan fingerprint density at radius 1 is 1.07 bits per heavy atom. The molecule has 0 amide bonds. The molecule has 1 aromatic carbocycles. The minimum absolute atomic E-state index is 0.0109. The van der Waals surface area contributed by atoms with Gasteiger partial charge in [0.2, 0.25) is 0 Å². The van der Waals surface area contributed by atoms with Crippen LogP contribution in [0.25, 0.3) is 10.8 Å². The van der Waals surface area contributed by atoms with Gasteiger partial charge in [-0.05, 0) is 40.0 Å². The summed E-state index contributed by atoms with van der Waals surface area (Å²) in [5.41, 5.74) is -2.85. The molecular weight excluding hydrogens is 544 g/mol. The number of ketones is 1. The average molecular weight is 581 g/mol. The lowest BCUT2D eigenvalue weighted by Crippen LogP contribution is -2.66. The summed E-state index contributed by atoms with van der Waals surface area (Å²) in [5, 5.41) is 32.5. The summed E-state index contributed by atoms with van der Waals surface area (Å²) >= 11 is 0. The van der Waals surface area contributed by atoms with Crippen LogP contribution in [0.4, 0.5) is 0 Å². The molecule has 224 valence electrons. The van der Waals surface area contributed by atoms with Gasteiger partial charge in [0.25, 0.3) is 0 Å². The number of phenols is 2. The lowest BCUT2D eigenvalue weighted by atomic mass is 9.51. The number of carbonyl (C=O) groups is 2. The summed E-state index contributed by atoms with van der Waals surface area (Å²) in [7, 11) is 0. The molecule has 3 fully saturated rings. The van der Waals surface area contributed by atoms with Crippen molar-refractivity contribution in [1.82, 2.24) is 0 Å². The van der Waals surface area contributed by atoms with Crippen LogP contribution in [0.1, 0.15) is 80.1 Å². The van der Waals surface area contributed by atoms with Gasteiger partial charge in [-0.2, -0.15) is 0 Å². The quantitative estimate of drug-likeness (QED) is 0.272. The largest absolute Gasteiger partial charge is 0.507 e. The van der Waals surface area contributed by atoms with Crippen molar-refractivity contribution in [2.24, 2.45) is 11.3 Å². The molecule has 2 spiro atoms. The maximum atomic E-state index is 14.6. The fourth-order valence-corrected chi connectivity index (χ4v) is 8.21. The third-order valence-electron chi connectivity index (χ3n) is 10.7. The van der Waals surface area contributed by atoms with Crippen molar-refractivity contribution in [3.8, 4) is 11.5 Å². The summed E-state index contributed by atoms with van der Waals surface area (Å²) in [5.74, 6) is -1.18. The van der Waals surface area contributed by atoms with E-state index in [0.29, 0.717) is 23.8 Å². The van der Waals surface area contributed by atoms with Gasteiger partial charge in [0, 0.05) is 40.8 Å². The molecule has 5 aliphatic rings. The molecule has 3 N–H and O–H groups in total. The van der Waals surface area contributed by atoms with Gasteiger partial charge in [-0.1, -0.05) is 19.8 Å². The number of aldehydes is 1. The summed E-state index contributed by atoms with van der Waals surface area (Å²) in [6, 6.07) is 0. The third kappa shape index (κ3) is 3.34. The predicted octanol–water partition coefficient (Wildman–Crippen LogP) is 3.54. The molecule has 0 unspecified atom stereocenters. The average Bonchev–Trinajstić information content (AvgIpc) is 3.67. The number of aromatic hydroxyl groups is 2. The number of hydrogen-bond acceptors (Lipinski definition) is 10. The normalized spacial score (nSPS) is 35.6. The Labute approximate surface area is 242 Å². The second-order valence-corrected chi connectivity index (χ2v) is 13.2. The molecule has 0 radical (unpaired) electrons. The minimum atomic E-state index is -1.16. The van der Waals surface area contributed by atoms with E-state index < -0.39 is 58.0 Å². The SMILES string of the molecule is CCCCC[C@@H]1OC=C2[C@H]3OC(C)(C)[C@H](O)C[C@]34O[C@@H]4C(=O)[C@@]23Cc2oc(=O)c4c(O)c(C)c(O)c(C=O)c4c2C[C@@H]13. The van der Waals surface area contributed by atoms with Crippen LogP contribution in [0.15, 0.2) is 21.0 Å². The molecule has 42 heavy (non-hydrogen) atoms. The molecule has 3 aliphatic heterocycles. The van der Waals surface area contributed by atoms with Crippen LogP contribution in [0.2, 0.25) is 0 Å². The molecule has 10 heteroatoms. The molecule has 1 aromatic heterocycles. The Morgan fingerprint density at radius 3 is 2.55 bits per heavy atom. The number of hydrogen-bond donors (Lipinski definition) is 3. The molecule has 2 aliphatic carbocycles. The predicted molar refractivity (Wildman–Crippen MR) is 149 cm³/mol. The van der Waals surface area contributed by atoms with Gasteiger partial charge in [0.1, 0.15) is 46.6 Å². The monoisotopic (exact) mass is 580 g/mol. The van der Waals surface area contributed by atoms with Gasteiger partial charge >= 0.3 is 5.63 Å². The number of epoxide rings is 1. The summed E-state index contributed by atoms with van der Waals surface area (Å²) in [6.45, 7) is 7.15. The Hall–Kier alpha value is -3.21. The standard InChI is InChI=1S/C32H36O10/c1-5-6-7-8-19-17-9-15-20(40-29(38)23-22(15)16(12-33)24(35)14(2)25(23)36)10-31(17)18(13-39-19)27-32(28(42-32)26(31)37)11-21(34)30(3,4)41-27/h12-13,17,19,21,27-28,34-36H,5-11H2,1-4H3/t17-,19-,21+,27+,28+,31+,32-/m0/s1. The van der Waals surface area contributed by atoms with E-state index in [4.69, 9.17) is 18.6 Å². The number of benzene rings is 1. The number of carbonyl (C=O) groups excluding carboxylic acids is 2. The number of rotatable bonds is 5. The van der Waals surface area contributed by atoms with E-state index in [1.807, 2.05) is 13.8 Å². The van der Waals surface area contributed by atoms with Crippen LogP contribution in [-0.4, -0.2) is 63.0 Å². The maximum Gasteiger partial charge on any atom is 0.347 e. The lowest BCUT2D eigenvalue weighted by Gasteiger charge is -2.56. The van der Waals surface area contributed by atoms with Gasteiger partial charge in [-0.3, -0.25) is 9.59 Å². The van der Waals surface area contributed by atoms with Crippen LogP contribution >= 0.6 is 0 Å². The van der Waals surface area contributed by atoms with Gasteiger partial charge < -0.3 is 33.9 Å². The van der Waals surface area contributed by atoms with E-state index in [0.717, 1.165) is 19.3 Å². The number of Topliss-reactive ketones (excluding diaryl/α,β-unsaturated/α-hetero) is 1. The number of phenolic OH excluding ortho intramolecular Hbond substituents is 2. The molecule has 4 heterocycles. The van der Waals surface area contributed by atoms with Crippen molar-refractivity contribution in [1.29, 1.82) is 0 Å². The van der Waals surface area contributed by atoms with Crippen molar-refractivity contribution in [2.75, 3.05) is 0 Å². The number of aliphatic hydroxyl groups is 1. The van der Waals surface area contributed by atoms with E-state index in [1.54, 1.807) is 6.26 Å². The van der Waals surface area contributed by atoms with Crippen LogP contribution in [0, 0.1) is 18.3 Å².